The highest BCUT2D eigenvalue weighted by Gasteiger charge is 2.34. The van der Waals surface area contributed by atoms with Crippen LogP contribution in [0.1, 0.15) is 11.1 Å². The van der Waals surface area contributed by atoms with Gasteiger partial charge in [-0.2, -0.15) is 13.2 Å². The minimum Gasteiger partial charge on any atom is -0.206 e. The molecule has 5 heteroatoms. The Morgan fingerprint density at radius 1 is 1.23 bits per heavy atom. The first-order valence-corrected chi connectivity index (χ1v) is 3.73. The molecule has 0 saturated heterocycles. The van der Waals surface area contributed by atoms with E-state index in [9.17, 15) is 17.6 Å². The van der Waals surface area contributed by atoms with E-state index in [0.717, 1.165) is 6.07 Å². The van der Waals surface area contributed by atoms with Crippen molar-refractivity contribution in [3.05, 3.63) is 34.1 Å². The molecule has 1 aromatic rings. The van der Waals surface area contributed by atoms with E-state index >= 15 is 0 Å². The van der Waals surface area contributed by atoms with Gasteiger partial charge in [0.25, 0.3) is 0 Å². The van der Waals surface area contributed by atoms with Crippen molar-refractivity contribution in [3.63, 3.8) is 0 Å². The fourth-order valence-electron chi connectivity index (χ4n) is 0.932. The van der Waals surface area contributed by atoms with Crippen LogP contribution in [0, 0.1) is 12.7 Å². The standard InChI is InChI=1S/C8H5ClF4/c1-4-2-5(9)3-6(7(4)10)8(11,12)13/h2-3H,1H3. The maximum atomic E-state index is 12.9. The van der Waals surface area contributed by atoms with E-state index in [1.165, 1.54) is 6.92 Å². The first-order valence-electron chi connectivity index (χ1n) is 3.35. The number of halogens is 5. The lowest BCUT2D eigenvalue weighted by atomic mass is 10.1. The van der Waals surface area contributed by atoms with Crippen LogP contribution in [0.5, 0.6) is 0 Å². The Morgan fingerprint density at radius 3 is 2.23 bits per heavy atom. The Hall–Kier alpha value is -0.770. The highest BCUT2D eigenvalue weighted by atomic mass is 35.5. The SMILES string of the molecule is Cc1cc(Cl)cc(C(F)(F)F)c1F. The van der Waals surface area contributed by atoms with Gasteiger partial charge in [-0.25, -0.2) is 4.39 Å². The molecule has 1 rings (SSSR count). The van der Waals surface area contributed by atoms with Crippen molar-refractivity contribution < 1.29 is 17.6 Å². The Labute approximate surface area is 77.1 Å². The highest BCUT2D eigenvalue weighted by molar-refractivity contribution is 6.30. The number of alkyl halides is 3. The second-order valence-electron chi connectivity index (χ2n) is 2.58. The molecule has 72 valence electrons. The number of aryl methyl sites for hydroxylation is 1. The number of benzene rings is 1. The van der Waals surface area contributed by atoms with Crippen LogP contribution in [0.25, 0.3) is 0 Å². The minimum atomic E-state index is -4.69. The average molecular weight is 213 g/mol. The minimum absolute atomic E-state index is 0.111. The van der Waals surface area contributed by atoms with Gasteiger partial charge in [0.1, 0.15) is 5.82 Å². The molecule has 0 aromatic heterocycles. The largest absolute Gasteiger partial charge is 0.419 e. The van der Waals surface area contributed by atoms with Crippen LogP contribution in [-0.4, -0.2) is 0 Å². The summed E-state index contributed by atoms with van der Waals surface area (Å²) < 4.78 is 49.2. The van der Waals surface area contributed by atoms with E-state index in [1.807, 2.05) is 0 Å². The molecule has 0 nitrogen and oxygen atoms in total. The first-order chi connectivity index (χ1) is 5.82. The van der Waals surface area contributed by atoms with E-state index in [2.05, 4.69) is 0 Å². The van der Waals surface area contributed by atoms with Crippen LogP contribution < -0.4 is 0 Å². The van der Waals surface area contributed by atoms with Gasteiger partial charge in [0.2, 0.25) is 0 Å². The number of hydrogen-bond donors (Lipinski definition) is 0. The summed E-state index contributed by atoms with van der Waals surface area (Å²) in [5.41, 5.74) is -1.43. The summed E-state index contributed by atoms with van der Waals surface area (Å²) in [5, 5.41) is -0.119. The van der Waals surface area contributed by atoms with Crippen LogP contribution >= 0.6 is 11.6 Å². The summed E-state index contributed by atoms with van der Waals surface area (Å²) in [6.07, 6.45) is -4.69. The predicted molar refractivity (Wildman–Crippen MR) is 41.1 cm³/mol. The third kappa shape index (κ3) is 2.12. The zero-order valence-corrected chi connectivity index (χ0v) is 7.30. The molecule has 1 aromatic carbocycles. The summed E-state index contributed by atoms with van der Waals surface area (Å²) in [4.78, 5) is 0. The van der Waals surface area contributed by atoms with Crippen molar-refractivity contribution in [1.82, 2.24) is 0 Å². The number of hydrogen-bond acceptors (Lipinski definition) is 0. The molecule has 0 fully saturated rings. The van der Waals surface area contributed by atoms with Gasteiger partial charge in [-0.05, 0) is 24.6 Å². The summed E-state index contributed by atoms with van der Waals surface area (Å²) in [6.45, 7) is 1.23. The quantitative estimate of drug-likeness (QED) is 0.574. The normalized spacial score (nSPS) is 11.8. The van der Waals surface area contributed by atoms with Crippen molar-refractivity contribution in [2.45, 2.75) is 13.1 Å². The monoisotopic (exact) mass is 212 g/mol. The molecule has 0 aliphatic carbocycles. The fraction of sp³-hybridized carbons (Fsp3) is 0.250. The summed E-state index contributed by atoms with van der Waals surface area (Å²) >= 11 is 5.36. The molecule has 0 spiro atoms. The topological polar surface area (TPSA) is 0 Å². The van der Waals surface area contributed by atoms with Gasteiger partial charge >= 0.3 is 6.18 Å². The van der Waals surface area contributed by atoms with Gasteiger partial charge in [0.15, 0.2) is 0 Å². The van der Waals surface area contributed by atoms with Crippen molar-refractivity contribution in [1.29, 1.82) is 0 Å². The third-order valence-electron chi connectivity index (χ3n) is 1.52. The van der Waals surface area contributed by atoms with Gasteiger partial charge < -0.3 is 0 Å². The van der Waals surface area contributed by atoms with Crippen LogP contribution in [0.4, 0.5) is 17.6 Å². The third-order valence-corrected chi connectivity index (χ3v) is 1.74. The lowest BCUT2D eigenvalue weighted by molar-refractivity contribution is -0.140. The predicted octanol–water partition coefficient (Wildman–Crippen LogP) is 3.81. The number of rotatable bonds is 0. The van der Waals surface area contributed by atoms with Crippen molar-refractivity contribution in [2.75, 3.05) is 0 Å². The van der Waals surface area contributed by atoms with Crippen LogP contribution in [-0.2, 0) is 6.18 Å². The summed E-state index contributed by atoms with van der Waals surface area (Å²) in [6, 6.07) is 1.72. The molecule has 0 unspecified atom stereocenters. The van der Waals surface area contributed by atoms with Crippen LogP contribution in [0.2, 0.25) is 5.02 Å². The molecule has 0 aliphatic heterocycles. The van der Waals surface area contributed by atoms with E-state index in [1.54, 1.807) is 0 Å². The molecule has 0 radical (unpaired) electrons. The van der Waals surface area contributed by atoms with E-state index in [-0.39, 0.29) is 10.6 Å². The lowest BCUT2D eigenvalue weighted by Gasteiger charge is -2.09. The van der Waals surface area contributed by atoms with Crippen molar-refractivity contribution in [3.8, 4) is 0 Å². The van der Waals surface area contributed by atoms with Gasteiger partial charge in [0, 0.05) is 5.02 Å². The molecular weight excluding hydrogens is 208 g/mol. The second kappa shape index (κ2) is 3.18. The molecular formula is C8H5ClF4. The van der Waals surface area contributed by atoms with E-state index in [4.69, 9.17) is 11.6 Å². The Kier molecular flexibility index (Phi) is 2.52. The fourth-order valence-corrected chi connectivity index (χ4v) is 1.20. The molecule has 0 atom stereocenters. The Morgan fingerprint density at radius 2 is 1.77 bits per heavy atom. The van der Waals surface area contributed by atoms with Gasteiger partial charge in [-0.3, -0.25) is 0 Å². The molecule has 0 N–H and O–H groups in total. The Balaban J connectivity index is 3.37. The maximum absolute atomic E-state index is 12.9. The van der Waals surface area contributed by atoms with Crippen molar-refractivity contribution in [2.24, 2.45) is 0 Å². The van der Waals surface area contributed by atoms with Gasteiger partial charge in [0.05, 0.1) is 5.56 Å². The maximum Gasteiger partial charge on any atom is 0.419 e. The van der Waals surface area contributed by atoms with Gasteiger partial charge in [-0.15, -0.1) is 0 Å². The van der Waals surface area contributed by atoms with E-state index < -0.39 is 17.6 Å². The highest BCUT2D eigenvalue weighted by Crippen LogP contribution is 2.34. The molecule has 0 saturated carbocycles. The summed E-state index contributed by atoms with van der Waals surface area (Å²) in [5.74, 6) is -1.27. The van der Waals surface area contributed by atoms with Crippen molar-refractivity contribution >= 4 is 11.6 Å². The lowest BCUT2D eigenvalue weighted by Crippen LogP contribution is -2.09. The second-order valence-corrected chi connectivity index (χ2v) is 3.02. The van der Waals surface area contributed by atoms with Crippen LogP contribution in [0.3, 0.4) is 0 Å². The molecule has 0 heterocycles. The van der Waals surface area contributed by atoms with Crippen LogP contribution in [0.15, 0.2) is 12.1 Å². The zero-order valence-electron chi connectivity index (χ0n) is 6.54. The molecule has 13 heavy (non-hydrogen) atoms. The Bertz CT molecular complexity index is 330. The smallest absolute Gasteiger partial charge is 0.206 e. The molecule has 0 amide bonds. The average Bonchev–Trinajstić information content (AvgIpc) is 1.94. The summed E-state index contributed by atoms with van der Waals surface area (Å²) in [7, 11) is 0. The van der Waals surface area contributed by atoms with E-state index in [0.29, 0.717) is 6.07 Å². The molecule has 0 aliphatic rings. The van der Waals surface area contributed by atoms with Gasteiger partial charge in [-0.1, -0.05) is 11.6 Å². The molecule has 0 bridgehead atoms. The zero-order chi connectivity index (χ0) is 10.2. The first kappa shape index (κ1) is 10.3.